The van der Waals surface area contributed by atoms with E-state index in [9.17, 15) is 22.8 Å². The topological polar surface area (TPSA) is 53.2 Å². The van der Waals surface area contributed by atoms with Gasteiger partial charge in [-0.1, -0.05) is 6.07 Å². The SMILES string of the molecule is O=C(c1cccc(=O)[nH]1)N(CC(F)(F)F)C1CC1. The van der Waals surface area contributed by atoms with Gasteiger partial charge in [-0.2, -0.15) is 13.2 Å². The Labute approximate surface area is 100 Å². The molecule has 1 heterocycles. The normalized spacial score (nSPS) is 15.5. The summed E-state index contributed by atoms with van der Waals surface area (Å²) in [5, 5.41) is 0. The number of aromatic amines is 1. The third kappa shape index (κ3) is 3.12. The monoisotopic (exact) mass is 260 g/mol. The van der Waals surface area contributed by atoms with Crippen molar-refractivity contribution in [3.8, 4) is 0 Å². The molecule has 0 aliphatic heterocycles. The lowest BCUT2D eigenvalue weighted by Crippen LogP contribution is -2.41. The van der Waals surface area contributed by atoms with E-state index in [1.807, 2.05) is 0 Å². The van der Waals surface area contributed by atoms with Gasteiger partial charge in [0.15, 0.2) is 0 Å². The molecule has 1 amide bonds. The van der Waals surface area contributed by atoms with Crippen LogP contribution in [0.15, 0.2) is 23.0 Å². The van der Waals surface area contributed by atoms with Crippen molar-refractivity contribution in [2.75, 3.05) is 6.54 Å². The Morgan fingerprint density at radius 2 is 2.06 bits per heavy atom. The number of hydrogen-bond acceptors (Lipinski definition) is 2. The highest BCUT2D eigenvalue weighted by Crippen LogP contribution is 2.31. The van der Waals surface area contributed by atoms with E-state index in [1.165, 1.54) is 18.2 Å². The van der Waals surface area contributed by atoms with Gasteiger partial charge >= 0.3 is 6.18 Å². The van der Waals surface area contributed by atoms with E-state index >= 15 is 0 Å². The molecule has 7 heteroatoms. The van der Waals surface area contributed by atoms with Crippen molar-refractivity contribution in [2.45, 2.75) is 25.1 Å². The Kier molecular flexibility index (Phi) is 3.14. The van der Waals surface area contributed by atoms with E-state index in [4.69, 9.17) is 0 Å². The number of hydrogen-bond donors (Lipinski definition) is 1. The van der Waals surface area contributed by atoms with Gasteiger partial charge in [-0.3, -0.25) is 9.59 Å². The van der Waals surface area contributed by atoms with Crippen LogP contribution in [-0.4, -0.2) is 34.6 Å². The average molecular weight is 260 g/mol. The maximum absolute atomic E-state index is 12.4. The molecule has 1 aromatic rings. The second-order valence-corrected chi connectivity index (χ2v) is 4.21. The number of alkyl halides is 3. The van der Waals surface area contributed by atoms with E-state index in [0.29, 0.717) is 12.8 Å². The van der Waals surface area contributed by atoms with Crippen LogP contribution >= 0.6 is 0 Å². The molecule has 1 aliphatic carbocycles. The first-order chi connectivity index (χ1) is 8.37. The minimum absolute atomic E-state index is 0.112. The van der Waals surface area contributed by atoms with Gasteiger partial charge in [0.1, 0.15) is 12.2 Å². The summed E-state index contributed by atoms with van der Waals surface area (Å²) in [7, 11) is 0. The number of pyridine rings is 1. The van der Waals surface area contributed by atoms with Crippen LogP contribution in [0.25, 0.3) is 0 Å². The lowest BCUT2D eigenvalue weighted by Gasteiger charge is -2.23. The third-order valence-corrected chi connectivity index (χ3v) is 2.60. The van der Waals surface area contributed by atoms with Crippen molar-refractivity contribution in [2.24, 2.45) is 0 Å². The molecule has 0 saturated heterocycles. The first-order valence-corrected chi connectivity index (χ1v) is 5.44. The molecule has 0 bridgehead atoms. The van der Waals surface area contributed by atoms with Gasteiger partial charge in [-0.25, -0.2) is 0 Å². The van der Waals surface area contributed by atoms with Crippen molar-refractivity contribution in [3.63, 3.8) is 0 Å². The summed E-state index contributed by atoms with van der Waals surface area (Å²) in [6, 6.07) is 3.46. The van der Waals surface area contributed by atoms with Gasteiger partial charge in [0, 0.05) is 12.1 Å². The van der Waals surface area contributed by atoms with Crippen molar-refractivity contribution in [1.29, 1.82) is 0 Å². The summed E-state index contributed by atoms with van der Waals surface area (Å²) >= 11 is 0. The van der Waals surface area contributed by atoms with E-state index < -0.39 is 24.2 Å². The van der Waals surface area contributed by atoms with Crippen molar-refractivity contribution < 1.29 is 18.0 Å². The Balaban J connectivity index is 2.21. The Bertz CT molecular complexity index is 506. The molecule has 0 radical (unpaired) electrons. The van der Waals surface area contributed by atoms with Crippen LogP contribution < -0.4 is 5.56 Å². The lowest BCUT2D eigenvalue weighted by molar-refractivity contribution is -0.141. The molecule has 0 spiro atoms. The minimum Gasteiger partial charge on any atom is -0.325 e. The molecular weight excluding hydrogens is 249 g/mol. The largest absolute Gasteiger partial charge is 0.406 e. The van der Waals surface area contributed by atoms with Crippen LogP contribution in [0.5, 0.6) is 0 Å². The fraction of sp³-hybridized carbons (Fsp3) is 0.455. The molecule has 2 rings (SSSR count). The third-order valence-electron chi connectivity index (χ3n) is 2.60. The molecule has 0 aromatic carbocycles. The van der Waals surface area contributed by atoms with Crippen molar-refractivity contribution in [1.82, 2.24) is 9.88 Å². The number of amides is 1. The fourth-order valence-electron chi connectivity index (χ4n) is 1.67. The number of nitrogens with zero attached hydrogens (tertiary/aromatic N) is 1. The summed E-state index contributed by atoms with van der Waals surface area (Å²) in [6.07, 6.45) is -3.30. The highest BCUT2D eigenvalue weighted by molar-refractivity contribution is 5.92. The molecule has 1 N–H and O–H groups in total. The quantitative estimate of drug-likeness (QED) is 0.896. The van der Waals surface area contributed by atoms with Gasteiger partial charge in [0.2, 0.25) is 5.56 Å². The van der Waals surface area contributed by atoms with E-state index in [-0.39, 0.29) is 11.7 Å². The summed E-state index contributed by atoms with van der Waals surface area (Å²) in [5.74, 6) is -0.785. The number of nitrogens with one attached hydrogen (secondary N) is 1. The molecular formula is C11H11F3N2O2. The number of halogens is 3. The zero-order chi connectivity index (χ0) is 13.3. The first-order valence-electron chi connectivity index (χ1n) is 5.44. The predicted octanol–water partition coefficient (Wildman–Crippen LogP) is 1.54. The number of aromatic nitrogens is 1. The van der Waals surface area contributed by atoms with Gasteiger partial charge < -0.3 is 9.88 Å². The van der Waals surface area contributed by atoms with Crippen LogP contribution in [-0.2, 0) is 0 Å². The molecule has 98 valence electrons. The predicted molar refractivity (Wildman–Crippen MR) is 57.2 cm³/mol. The molecule has 0 atom stereocenters. The summed E-state index contributed by atoms with van der Waals surface area (Å²) in [6.45, 7) is -1.28. The summed E-state index contributed by atoms with van der Waals surface area (Å²) in [5.41, 5.74) is -0.623. The number of rotatable bonds is 3. The molecule has 0 unspecified atom stereocenters. The molecule has 18 heavy (non-hydrogen) atoms. The fourth-order valence-corrected chi connectivity index (χ4v) is 1.67. The smallest absolute Gasteiger partial charge is 0.325 e. The van der Waals surface area contributed by atoms with Crippen LogP contribution in [0.1, 0.15) is 23.3 Å². The summed E-state index contributed by atoms with van der Waals surface area (Å²) in [4.78, 5) is 26.0. The Morgan fingerprint density at radius 1 is 1.39 bits per heavy atom. The van der Waals surface area contributed by atoms with E-state index in [0.717, 1.165) is 4.90 Å². The van der Waals surface area contributed by atoms with E-state index in [1.54, 1.807) is 0 Å². The van der Waals surface area contributed by atoms with Gasteiger partial charge in [0.05, 0.1) is 0 Å². The summed E-state index contributed by atoms with van der Waals surface area (Å²) < 4.78 is 37.2. The molecule has 1 aromatic heterocycles. The molecule has 1 saturated carbocycles. The highest BCUT2D eigenvalue weighted by atomic mass is 19.4. The standard InChI is InChI=1S/C11H11F3N2O2/c12-11(13,14)6-16(7-4-5-7)10(18)8-2-1-3-9(17)15-8/h1-3,7H,4-6H2,(H,15,17). The van der Waals surface area contributed by atoms with Crippen molar-refractivity contribution >= 4 is 5.91 Å². The highest BCUT2D eigenvalue weighted by Gasteiger charge is 2.41. The molecule has 1 fully saturated rings. The average Bonchev–Trinajstić information content (AvgIpc) is 3.07. The number of H-pyrrole nitrogens is 1. The number of carbonyl (C=O) groups excluding carboxylic acids is 1. The first kappa shape index (κ1) is 12.7. The second-order valence-electron chi connectivity index (χ2n) is 4.21. The zero-order valence-corrected chi connectivity index (χ0v) is 9.33. The number of carbonyl (C=O) groups is 1. The Hall–Kier alpha value is -1.79. The maximum Gasteiger partial charge on any atom is 0.406 e. The molecule has 1 aliphatic rings. The second kappa shape index (κ2) is 4.47. The minimum atomic E-state index is -4.44. The van der Waals surface area contributed by atoms with Gasteiger partial charge in [-0.05, 0) is 18.9 Å². The zero-order valence-electron chi connectivity index (χ0n) is 9.33. The van der Waals surface area contributed by atoms with E-state index in [2.05, 4.69) is 4.98 Å². The van der Waals surface area contributed by atoms with Gasteiger partial charge in [0.25, 0.3) is 5.91 Å². The molecule has 4 nitrogen and oxygen atoms in total. The van der Waals surface area contributed by atoms with Crippen LogP contribution in [0.3, 0.4) is 0 Å². The van der Waals surface area contributed by atoms with Gasteiger partial charge in [-0.15, -0.1) is 0 Å². The maximum atomic E-state index is 12.4. The van der Waals surface area contributed by atoms with Crippen LogP contribution in [0.2, 0.25) is 0 Å². The lowest BCUT2D eigenvalue weighted by atomic mass is 10.3. The van der Waals surface area contributed by atoms with Crippen LogP contribution in [0, 0.1) is 0 Å². The Morgan fingerprint density at radius 3 is 2.56 bits per heavy atom. The van der Waals surface area contributed by atoms with Crippen LogP contribution in [0.4, 0.5) is 13.2 Å². The van der Waals surface area contributed by atoms with Crippen molar-refractivity contribution in [3.05, 3.63) is 34.2 Å².